The van der Waals surface area contributed by atoms with Crippen molar-refractivity contribution < 1.29 is 37.9 Å². The molecule has 0 atom stereocenters. The first-order valence-electron chi connectivity index (χ1n) is 36.6. The molecule has 12 nitrogen and oxygen atoms in total. The molecule has 12 heteroatoms. The van der Waals surface area contributed by atoms with Crippen LogP contribution in [0.3, 0.4) is 0 Å². The number of quaternary nitrogens is 4. The molecule has 0 unspecified atom stereocenters. The topological polar surface area (TPSA) is 87.1 Å². The summed E-state index contributed by atoms with van der Waals surface area (Å²) >= 11 is 0. The average Bonchev–Trinajstić information content (AvgIpc) is 1.62. The molecule has 5 aromatic rings. The van der Waals surface area contributed by atoms with Crippen LogP contribution in [0.25, 0.3) is 0 Å². The number of hydrogen-bond donors (Lipinski definition) is 2. The summed E-state index contributed by atoms with van der Waals surface area (Å²) < 4.78 is 9.02. The van der Waals surface area contributed by atoms with Crippen molar-refractivity contribution in [1.29, 1.82) is 0 Å². The Hall–Kier alpha value is -7.22. The normalized spacial score (nSPS) is 17.8. The van der Waals surface area contributed by atoms with Crippen molar-refractivity contribution in [3.05, 3.63) is 191 Å². The third-order valence-corrected chi connectivity index (χ3v) is 22.4. The zero-order valence-electron chi connectivity index (χ0n) is 63.1. The lowest BCUT2D eigenvalue weighted by Crippen LogP contribution is -2.46. The predicted octanol–water partition coefficient (Wildman–Crippen LogP) is 17.1. The van der Waals surface area contributed by atoms with Gasteiger partial charge in [-0.25, -0.2) is 0 Å². The number of aliphatic carboxylic acids is 2. The summed E-state index contributed by atoms with van der Waals surface area (Å²) in [5.74, 6) is -1.42. The van der Waals surface area contributed by atoms with Gasteiger partial charge in [0.05, 0.1) is 119 Å². The Bertz CT molecular complexity index is 3760. The fraction of sp³-hybridized carbons (Fsp3) is 0.506. The van der Waals surface area contributed by atoms with Gasteiger partial charge in [-0.3, -0.25) is 18.6 Å². The molecule has 0 radical (unpaired) electrons. The van der Waals surface area contributed by atoms with Crippen molar-refractivity contribution in [3.63, 3.8) is 0 Å². The molecule has 4 heterocycles. The van der Waals surface area contributed by atoms with E-state index in [1.165, 1.54) is 105 Å². The number of para-hydroxylation sites is 4. The Morgan fingerprint density at radius 1 is 0.412 bits per heavy atom. The molecule has 0 saturated carbocycles. The maximum absolute atomic E-state index is 11.1. The van der Waals surface area contributed by atoms with Gasteiger partial charge >= 0.3 is 11.9 Å². The molecule has 97 heavy (non-hydrogen) atoms. The summed E-state index contributed by atoms with van der Waals surface area (Å²) in [7, 11) is 18.6. The monoisotopic (exact) mass is 1320 g/mol. The number of fused-ring (bicyclic) bond motifs is 4. The van der Waals surface area contributed by atoms with E-state index in [2.05, 4.69) is 302 Å². The lowest BCUT2D eigenvalue weighted by molar-refractivity contribution is -0.909. The van der Waals surface area contributed by atoms with Gasteiger partial charge in [-0.2, -0.15) is 9.15 Å². The van der Waals surface area contributed by atoms with Crippen molar-refractivity contribution in [2.24, 2.45) is 0 Å². The van der Waals surface area contributed by atoms with Gasteiger partial charge in [0.15, 0.2) is 24.5 Å². The van der Waals surface area contributed by atoms with Crippen molar-refractivity contribution in [2.45, 2.75) is 162 Å². The van der Waals surface area contributed by atoms with Crippen molar-refractivity contribution in [3.8, 4) is 0 Å². The summed E-state index contributed by atoms with van der Waals surface area (Å²) in [5.41, 5.74) is 18.2. The van der Waals surface area contributed by atoms with E-state index >= 15 is 0 Å². The molecular formula is C85H124N8O4+6. The lowest BCUT2D eigenvalue weighted by atomic mass is 9.81. The van der Waals surface area contributed by atoms with Crippen LogP contribution >= 0.6 is 0 Å². The van der Waals surface area contributed by atoms with Gasteiger partial charge in [0.2, 0.25) is 11.4 Å². The molecular weight excluding hydrogens is 1200 g/mol. The highest BCUT2D eigenvalue weighted by atomic mass is 16.4. The number of benzene rings is 5. The summed E-state index contributed by atoms with van der Waals surface area (Å²) in [6, 6.07) is 44.6. The Morgan fingerprint density at radius 3 is 1.20 bits per heavy atom. The minimum Gasteiger partial charge on any atom is -0.481 e. The molecule has 522 valence electrons. The van der Waals surface area contributed by atoms with Gasteiger partial charge in [0, 0.05) is 126 Å². The van der Waals surface area contributed by atoms with E-state index in [0.717, 1.165) is 115 Å². The van der Waals surface area contributed by atoms with Crippen molar-refractivity contribution in [1.82, 2.24) is 8.97 Å². The SMILES string of the molecule is CC[N+](C)(C)CCC[N+](C)(C)CCC[N+]1=C(/C=C/C=C2/N(CCCCCC(=O)O)c3ccccc3C2(C)C)C(C)(C)c2ccccc21.CC[N+](C)(C)c1ccc([N+](C)(C)CCC[N+]2=C(/C=C/C=C3/N(CCCCCC(=O)O)c4ccccc4C3(C)C)C(C)(C)c3ccccc32)cc1. The standard InChI is InChI=1S/C44H60N4O2.C41H62N4O2/c1-10-47(6,7)34-27-29-35(30-28-34)48(8,9)33-19-32-46-39-23-16-14-21-37(39)44(4,5)41(46)25-18-24-40-43(2,3)36-20-13-15-22-38(36)45(40)31-17-11-12-26-42(49)50;1-10-44(6,7)31-20-32-45(8,9)30-19-29-43-36-24-16-14-22-34(36)41(4,5)38(43)26-18-25-37-40(2,3)33-21-13-15-23-35(33)42(37)28-17-11-12-27-39(46)47/h13-16,18,20-25,27-30H,10-12,17,19,26,31-33H2,1-9H3;13-16,18,21-26H,10-12,17,19-20,27-32H2,1-9H3/q2*+2/p+2. The molecule has 0 amide bonds. The van der Waals surface area contributed by atoms with Gasteiger partial charge in [0.25, 0.3) is 0 Å². The van der Waals surface area contributed by atoms with Gasteiger partial charge in [-0.1, -0.05) is 125 Å². The number of nitrogens with zero attached hydrogens (tertiary/aromatic N) is 8. The molecule has 4 aliphatic rings. The second-order valence-corrected chi connectivity index (χ2v) is 32.5. The molecule has 0 spiro atoms. The number of rotatable bonds is 32. The third-order valence-electron chi connectivity index (χ3n) is 22.4. The van der Waals surface area contributed by atoms with Crippen LogP contribution < -0.4 is 18.8 Å². The molecule has 2 N–H and O–H groups in total. The number of allylic oxidation sites excluding steroid dienone is 8. The van der Waals surface area contributed by atoms with Crippen molar-refractivity contribution in [2.75, 3.05) is 132 Å². The first kappa shape index (κ1) is 75.6. The van der Waals surface area contributed by atoms with Crippen LogP contribution in [0.4, 0.5) is 34.1 Å². The van der Waals surface area contributed by atoms with Crippen LogP contribution in [0.2, 0.25) is 0 Å². The Balaban J connectivity index is 0.000000248. The van der Waals surface area contributed by atoms with Crippen molar-refractivity contribution >= 4 is 57.5 Å². The Labute approximate surface area is 585 Å². The molecule has 0 aliphatic carbocycles. The highest BCUT2D eigenvalue weighted by Gasteiger charge is 2.47. The molecule has 5 aromatic carbocycles. The fourth-order valence-corrected chi connectivity index (χ4v) is 15.5. The van der Waals surface area contributed by atoms with Crippen LogP contribution in [0, 0.1) is 0 Å². The first-order valence-corrected chi connectivity index (χ1v) is 36.6. The number of anilines is 2. The van der Waals surface area contributed by atoms with Crippen LogP contribution in [0.5, 0.6) is 0 Å². The van der Waals surface area contributed by atoms with Gasteiger partial charge in [-0.15, -0.1) is 0 Å². The second-order valence-electron chi connectivity index (χ2n) is 32.5. The third kappa shape index (κ3) is 17.6. The fourth-order valence-electron chi connectivity index (χ4n) is 15.5. The van der Waals surface area contributed by atoms with E-state index in [4.69, 9.17) is 10.2 Å². The van der Waals surface area contributed by atoms with Crippen LogP contribution in [0.15, 0.2) is 169 Å². The van der Waals surface area contributed by atoms with Gasteiger partial charge < -0.3 is 29.0 Å². The summed E-state index contributed by atoms with van der Waals surface area (Å²) in [6.07, 6.45) is 23.1. The largest absolute Gasteiger partial charge is 0.481 e. The van der Waals surface area contributed by atoms with Crippen LogP contribution in [-0.4, -0.2) is 174 Å². The zero-order chi connectivity index (χ0) is 70.8. The second kappa shape index (κ2) is 31.3. The summed E-state index contributed by atoms with van der Waals surface area (Å²) in [5, 5.41) is 18.2. The van der Waals surface area contributed by atoms with E-state index < -0.39 is 11.9 Å². The number of carbonyl (C=O) groups is 2. The first-order chi connectivity index (χ1) is 45.7. The highest BCUT2D eigenvalue weighted by molar-refractivity contribution is 6.04. The maximum Gasteiger partial charge on any atom is 0.303 e. The summed E-state index contributed by atoms with van der Waals surface area (Å²) in [4.78, 5) is 27.0. The number of carboxylic acids is 2. The molecule has 9 rings (SSSR count). The van der Waals surface area contributed by atoms with E-state index in [0.29, 0.717) is 0 Å². The molecule has 0 fully saturated rings. The average molecular weight is 1320 g/mol. The predicted molar refractivity (Wildman–Crippen MR) is 411 cm³/mol. The smallest absolute Gasteiger partial charge is 0.303 e. The minimum absolute atomic E-state index is 0.0857. The van der Waals surface area contributed by atoms with Gasteiger partial charge in [0.1, 0.15) is 11.4 Å². The van der Waals surface area contributed by atoms with E-state index in [1.54, 1.807) is 0 Å². The quantitative estimate of drug-likeness (QED) is 0.0253. The number of unbranched alkanes of at least 4 members (excludes halogenated alkanes) is 4. The van der Waals surface area contributed by atoms with E-state index in [-0.39, 0.29) is 34.5 Å². The van der Waals surface area contributed by atoms with Crippen LogP contribution in [-0.2, 0) is 31.2 Å². The highest BCUT2D eigenvalue weighted by Crippen LogP contribution is 2.50. The molecule has 0 saturated heterocycles. The summed E-state index contributed by atoms with van der Waals surface area (Å²) in [6.45, 7) is 33.9. The number of carboxylic acid groups (broad SMARTS) is 2. The molecule has 0 bridgehead atoms. The molecule has 4 aliphatic heterocycles. The van der Waals surface area contributed by atoms with E-state index in [1.807, 2.05) is 0 Å². The Kier molecular flexibility index (Phi) is 24.4. The molecule has 0 aromatic heterocycles. The maximum atomic E-state index is 11.1. The number of hydrogen-bond acceptors (Lipinski definition) is 4. The van der Waals surface area contributed by atoms with E-state index in [9.17, 15) is 9.59 Å². The minimum atomic E-state index is -0.713. The Morgan fingerprint density at radius 2 is 0.784 bits per heavy atom. The lowest BCUT2D eigenvalue weighted by Gasteiger charge is -2.32. The van der Waals surface area contributed by atoms with Crippen LogP contribution in [0.1, 0.15) is 162 Å². The van der Waals surface area contributed by atoms with Gasteiger partial charge in [-0.05, 0) is 103 Å². The zero-order valence-corrected chi connectivity index (χ0v) is 63.1.